The Balaban J connectivity index is 1.57. The summed E-state index contributed by atoms with van der Waals surface area (Å²) in [6.07, 6.45) is -5.79. The maximum Gasteiger partial charge on any atom is 0.426 e. The van der Waals surface area contributed by atoms with Crippen molar-refractivity contribution in [2.75, 3.05) is 0 Å². The number of hydrogen-bond donors (Lipinski definition) is 0. The number of esters is 2. The van der Waals surface area contributed by atoms with Gasteiger partial charge in [-0.05, 0) is 60.7 Å². The highest BCUT2D eigenvalue weighted by Gasteiger charge is 2.37. The SMILES string of the molecule is C=CC(=O)Oc1ccc(C(F)(F)Oc2cccc3c(OC(F)(F)c4ccc(OC(=O)C=C)cc4)cccc23)cc1. The molecule has 4 rings (SSSR count). The third-order valence-corrected chi connectivity index (χ3v) is 5.47. The van der Waals surface area contributed by atoms with E-state index in [1.165, 1.54) is 60.7 Å². The number of rotatable bonds is 10. The van der Waals surface area contributed by atoms with Gasteiger partial charge in [0.15, 0.2) is 0 Å². The Morgan fingerprint density at radius 2 is 0.925 bits per heavy atom. The second-order valence-corrected chi connectivity index (χ2v) is 8.14. The van der Waals surface area contributed by atoms with Gasteiger partial charge >= 0.3 is 24.2 Å². The van der Waals surface area contributed by atoms with E-state index in [1.807, 2.05) is 0 Å². The zero-order valence-electron chi connectivity index (χ0n) is 20.6. The molecule has 4 aromatic rings. The van der Waals surface area contributed by atoms with Crippen LogP contribution in [0.5, 0.6) is 23.0 Å². The number of benzene rings is 4. The van der Waals surface area contributed by atoms with Crippen LogP contribution >= 0.6 is 0 Å². The molecule has 0 fully saturated rings. The van der Waals surface area contributed by atoms with E-state index in [9.17, 15) is 9.59 Å². The van der Waals surface area contributed by atoms with Crippen molar-refractivity contribution in [2.24, 2.45) is 0 Å². The number of carbonyl (C=O) groups is 2. The molecule has 0 aromatic heterocycles. The minimum Gasteiger partial charge on any atom is -0.428 e. The average Bonchev–Trinajstić information content (AvgIpc) is 2.93. The van der Waals surface area contributed by atoms with Gasteiger partial charge in [-0.15, -0.1) is 0 Å². The fraction of sp³-hybridized carbons (Fsp3) is 0.0667. The van der Waals surface area contributed by atoms with Gasteiger partial charge in [0, 0.05) is 22.9 Å². The molecule has 0 bridgehead atoms. The number of halogens is 4. The van der Waals surface area contributed by atoms with E-state index in [4.69, 9.17) is 18.9 Å². The Morgan fingerprint density at radius 1 is 0.575 bits per heavy atom. The predicted molar refractivity (Wildman–Crippen MR) is 138 cm³/mol. The first kappa shape index (κ1) is 27.9. The normalized spacial score (nSPS) is 11.4. The summed E-state index contributed by atoms with van der Waals surface area (Å²) < 4.78 is 79.9. The smallest absolute Gasteiger partial charge is 0.426 e. The summed E-state index contributed by atoms with van der Waals surface area (Å²) in [5.74, 6) is -2.00. The monoisotopic (exact) mass is 552 g/mol. The van der Waals surface area contributed by atoms with E-state index in [1.54, 1.807) is 0 Å². The average molecular weight is 552 g/mol. The second kappa shape index (κ2) is 11.3. The molecule has 0 radical (unpaired) electrons. The Labute approximate surface area is 225 Å². The molecule has 0 saturated carbocycles. The van der Waals surface area contributed by atoms with Crippen molar-refractivity contribution in [3.8, 4) is 23.0 Å². The Bertz CT molecular complexity index is 1450. The lowest BCUT2D eigenvalue weighted by atomic mass is 10.1. The van der Waals surface area contributed by atoms with Crippen LogP contribution in [-0.2, 0) is 21.8 Å². The van der Waals surface area contributed by atoms with E-state index in [2.05, 4.69) is 13.2 Å². The van der Waals surface area contributed by atoms with E-state index in [0.29, 0.717) is 0 Å². The van der Waals surface area contributed by atoms with Crippen molar-refractivity contribution in [2.45, 2.75) is 12.2 Å². The molecule has 0 amide bonds. The summed E-state index contributed by atoms with van der Waals surface area (Å²) in [6, 6.07) is 16.9. The standard InChI is InChI=1S/C30H20F4O6/c1-3-27(35)37-21-15-11-19(12-16-21)29(31,32)39-25-9-5-8-24-23(25)7-6-10-26(24)40-30(33,34)20-13-17-22(18-14-20)38-28(36)4-2/h3-18H,1-2H2. The van der Waals surface area contributed by atoms with Crippen molar-refractivity contribution in [3.05, 3.63) is 121 Å². The van der Waals surface area contributed by atoms with Crippen LogP contribution in [0.2, 0.25) is 0 Å². The second-order valence-electron chi connectivity index (χ2n) is 8.14. The Morgan fingerprint density at radius 3 is 1.25 bits per heavy atom. The Kier molecular flexibility index (Phi) is 7.90. The van der Waals surface area contributed by atoms with Crippen molar-refractivity contribution >= 4 is 22.7 Å². The van der Waals surface area contributed by atoms with Crippen LogP contribution in [0.1, 0.15) is 11.1 Å². The van der Waals surface area contributed by atoms with E-state index in [0.717, 1.165) is 36.4 Å². The van der Waals surface area contributed by atoms with Gasteiger partial charge in [0.25, 0.3) is 0 Å². The van der Waals surface area contributed by atoms with Gasteiger partial charge in [-0.1, -0.05) is 37.4 Å². The molecule has 0 spiro atoms. The van der Waals surface area contributed by atoms with Crippen molar-refractivity contribution in [3.63, 3.8) is 0 Å². The van der Waals surface area contributed by atoms with Crippen LogP contribution in [0, 0.1) is 0 Å². The lowest BCUT2D eigenvalue weighted by Gasteiger charge is -2.22. The van der Waals surface area contributed by atoms with Crippen LogP contribution in [0.25, 0.3) is 10.8 Å². The molecule has 0 unspecified atom stereocenters. The summed E-state index contributed by atoms with van der Waals surface area (Å²) in [5.41, 5.74) is -1.08. The molecule has 0 atom stereocenters. The predicted octanol–water partition coefficient (Wildman–Crippen LogP) is 7.28. The molecule has 0 aliphatic rings. The van der Waals surface area contributed by atoms with Crippen molar-refractivity contribution < 1.29 is 46.1 Å². The van der Waals surface area contributed by atoms with Crippen LogP contribution in [0.3, 0.4) is 0 Å². The molecule has 0 aliphatic heterocycles. The fourth-order valence-electron chi connectivity index (χ4n) is 3.57. The molecular weight excluding hydrogens is 532 g/mol. The summed E-state index contributed by atoms with van der Waals surface area (Å²) in [5, 5.41) is 0.192. The van der Waals surface area contributed by atoms with Crippen molar-refractivity contribution in [1.29, 1.82) is 0 Å². The van der Waals surface area contributed by atoms with Crippen LogP contribution in [-0.4, -0.2) is 11.9 Å². The zero-order chi connectivity index (χ0) is 28.9. The van der Waals surface area contributed by atoms with Gasteiger partial charge in [-0.25, -0.2) is 9.59 Å². The van der Waals surface area contributed by atoms with Crippen LogP contribution < -0.4 is 18.9 Å². The first-order valence-electron chi connectivity index (χ1n) is 11.6. The number of fused-ring (bicyclic) bond motifs is 1. The maximum atomic E-state index is 15.0. The molecule has 204 valence electrons. The van der Waals surface area contributed by atoms with E-state index >= 15 is 17.6 Å². The van der Waals surface area contributed by atoms with Crippen LogP contribution in [0.4, 0.5) is 17.6 Å². The largest absolute Gasteiger partial charge is 0.428 e. The molecule has 40 heavy (non-hydrogen) atoms. The Hall–Kier alpha value is -5.12. The van der Waals surface area contributed by atoms with Gasteiger partial charge in [0.2, 0.25) is 0 Å². The molecule has 10 heteroatoms. The number of alkyl halides is 4. The molecule has 0 heterocycles. The molecular formula is C30H20F4O6. The van der Waals surface area contributed by atoms with Gasteiger partial charge < -0.3 is 18.9 Å². The van der Waals surface area contributed by atoms with E-state index < -0.39 is 35.3 Å². The third-order valence-electron chi connectivity index (χ3n) is 5.47. The highest BCUT2D eigenvalue weighted by atomic mass is 19.3. The van der Waals surface area contributed by atoms with Gasteiger partial charge in [0.05, 0.1) is 11.1 Å². The van der Waals surface area contributed by atoms with Crippen molar-refractivity contribution in [1.82, 2.24) is 0 Å². The first-order chi connectivity index (χ1) is 19.0. The minimum atomic E-state index is -3.83. The number of ether oxygens (including phenoxy) is 4. The summed E-state index contributed by atoms with van der Waals surface area (Å²) in [7, 11) is 0. The summed E-state index contributed by atoms with van der Waals surface area (Å²) >= 11 is 0. The lowest BCUT2D eigenvalue weighted by Crippen LogP contribution is -2.22. The van der Waals surface area contributed by atoms with E-state index in [-0.39, 0.29) is 33.8 Å². The summed E-state index contributed by atoms with van der Waals surface area (Å²) in [6.45, 7) is 6.52. The maximum absolute atomic E-state index is 15.0. The highest BCUT2D eigenvalue weighted by Crippen LogP contribution is 2.41. The number of carbonyl (C=O) groups excluding carboxylic acids is 2. The summed E-state index contributed by atoms with van der Waals surface area (Å²) in [4.78, 5) is 22.6. The molecule has 0 N–H and O–H groups in total. The topological polar surface area (TPSA) is 71.1 Å². The molecule has 0 aliphatic carbocycles. The zero-order valence-corrected chi connectivity index (χ0v) is 20.6. The third kappa shape index (κ3) is 6.29. The first-order valence-corrected chi connectivity index (χ1v) is 11.6. The van der Waals surface area contributed by atoms with Gasteiger partial charge in [0.1, 0.15) is 23.0 Å². The molecule has 0 saturated heterocycles. The number of hydrogen-bond acceptors (Lipinski definition) is 6. The molecule has 4 aromatic carbocycles. The highest BCUT2D eigenvalue weighted by molar-refractivity contribution is 5.93. The fourth-order valence-corrected chi connectivity index (χ4v) is 3.57. The minimum absolute atomic E-state index is 0.0322. The quantitative estimate of drug-likeness (QED) is 0.0892. The van der Waals surface area contributed by atoms with Crippen LogP contribution in [0.15, 0.2) is 110 Å². The van der Waals surface area contributed by atoms with Gasteiger partial charge in [-0.2, -0.15) is 17.6 Å². The lowest BCUT2D eigenvalue weighted by molar-refractivity contribution is -0.186. The van der Waals surface area contributed by atoms with Gasteiger partial charge in [-0.3, -0.25) is 0 Å². The molecule has 6 nitrogen and oxygen atoms in total.